The van der Waals surface area contributed by atoms with Gasteiger partial charge in [-0.25, -0.2) is 9.59 Å². The Labute approximate surface area is 240 Å². The summed E-state index contributed by atoms with van der Waals surface area (Å²) in [6.45, 7) is 1.05. The van der Waals surface area contributed by atoms with Crippen molar-refractivity contribution in [1.82, 2.24) is 15.5 Å². The van der Waals surface area contributed by atoms with Crippen molar-refractivity contribution in [3.05, 3.63) is 95.6 Å². The zero-order valence-electron chi connectivity index (χ0n) is 23.3. The molecule has 5 rings (SSSR count). The van der Waals surface area contributed by atoms with Crippen molar-refractivity contribution in [2.45, 2.75) is 50.2 Å². The lowest BCUT2D eigenvalue weighted by atomic mass is 9.98. The first kappa shape index (κ1) is 28.4. The fourth-order valence-electron chi connectivity index (χ4n) is 6.17. The molecule has 8 nitrogen and oxygen atoms in total. The zero-order chi connectivity index (χ0) is 28.8. The summed E-state index contributed by atoms with van der Waals surface area (Å²) in [5, 5.41) is 15.3. The number of hydrogen-bond acceptors (Lipinski definition) is 5. The Kier molecular flexibility index (Phi) is 8.99. The third-order valence-corrected chi connectivity index (χ3v) is 8.10. The van der Waals surface area contributed by atoms with E-state index in [0.717, 1.165) is 18.4 Å². The van der Waals surface area contributed by atoms with Gasteiger partial charge in [0.25, 0.3) is 0 Å². The molecule has 3 atom stereocenters. The van der Waals surface area contributed by atoms with Crippen LogP contribution in [0.15, 0.2) is 78.9 Å². The van der Waals surface area contributed by atoms with Crippen LogP contribution >= 0.6 is 0 Å². The molecule has 2 aliphatic carbocycles. The molecular formula is C33H37N3O5. The van der Waals surface area contributed by atoms with E-state index in [1.807, 2.05) is 66.5 Å². The molecule has 8 heteroatoms. The van der Waals surface area contributed by atoms with E-state index in [-0.39, 0.29) is 43.4 Å². The number of carboxylic acid groups (broad SMARTS) is 1. The van der Waals surface area contributed by atoms with Gasteiger partial charge in [-0.1, -0.05) is 78.9 Å². The second kappa shape index (κ2) is 13.0. The maximum atomic E-state index is 12.7. The molecule has 0 bridgehead atoms. The number of likely N-dealkylation sites (N-methyl/N-ethyl adjacent to an activating group) is 1. The first-order chi connectivity index (χ1) is 19.9. The third kappa shape index (κ3) is 7.13. The van der Waals surface area contributed by atoms with Gasteiger partial charge in [0.05, 0.1) is 0 Å². The highest BCUT2D eigenvalue weighted by Crippen LogP contribution is 2.44. The van der Waals surface area contributed by atoms with Crippen LogP contribution in [0, 0.1) is 5.92 Å². The topological polar surface area (TPSA) is 108 Å². The van der Waals surface area contributed by atoms with E-state index in [0.29, 0.717) is 13.0 Å². The Morgan fingerprint density at radius 1 is 0.927 bits per heavy atom. The Morgan fingerprint density at radius 2 is 1.56 bits per heavy atom. The second-order valence-corrected chi connectivity index (χ2v) is 11.2. The molecule has 214 valence electrons. The van der Waals surface area contributed by atoms with Crippen molar-refractivity contribution in [1.29, 1.82) is 0 Å². The predicted molar refractivity (Wildman–Crippen MR) is 156 cm³/mol. The van der Waals surface area contributed by atoms with Gasteiger partial charge in [-0.15, -0.1) is 0 Å². The van der Waals surface area contributed by atoms with Crippen LogP contribution in [0.5, 0.6) is 0 Å². The van der Waals surface area contributed by atoms with Gasteiger partial charge in [-0.3, -0.25) is 9.69 Å². The molecular weight excluding hydrogens is 518 g/mol. The summed E-state index contributed by atoms with van der Waals surface area (Å²) in [4.78, 5) is 39.1. The molecule has 0 aromatic heterocycles. The number of nitrogens with one attached hydrogen (secondary N) is 2. The van der Waals surface area contributed by atoms with Crippen LogP contribution in [0.4, 0.5) is 4.79 Å². The summed E-state index contributed by atoms with van der Waals surface area (Å²) in [5.41, 5.74) is 5.77. The number of carbonyl (C=O) groups is 3. The number of alkyl carbamates (subject to hydrolysis) is 1. The fraction of sp³-hybridized carbons (Fsp3) is 0.364. The van der Waals surface area contributed by atoms with Crippen molar-refractivity contribution in [2.75, 3.05) is 20.2 Å². The number of amides is 2. The number of fused-ring (bicyclic) bond motifs is 3. The van der Waals surface area contributed by atoms with E-state index in [2.05, 4.69) is 34.9 Å². The molecule has 0 radical (unpaired) electrons. The van der Waals surface area contributed by atoms with Crippen LogP contribution in [0.3, 0.4) is 0 Å². The van der Waals surface area contributed by atoms with E-state index in [1.54, 1.807) is 0 Å². The van der Waals surface area contributed by atoms with E-state index < -0.39 is 18.1 Å². The van der Waals surface area contributed by atoms with Crippen LogP contribution in [0.25, 0.3) is 11.1 Å². The number of hydrogen-bond donors (Lipinski definition) is 3. The van der Waals surface area contributed by atoms with Crippen molar-refractivity contribution in [3.63, 3.8) is 0 Å². The molecule has 0 saturated heterocycles. The molecule has 3 N–H and O–H groups in total. The van der Waals surface area contributed by atoms with Gasteiger partial charge in [-0.2, -0.15) is 0 Å². The Morgan fingerprint density at radius 3 is 2.22 bits per heavy atom. The highest BCUT2D eigenvalue weighted by molar-refractivity contribution is 5.84. The smallest absolute Gasteiger partial charge is 0.407 e. The molecule has 1 fully saturated rings. The minimum atomic E-state index is -1.06. The molecule has 1 saturated carbocycles. The van der Waals surface area contributed by atoms with Crippen LogP contribution < -0.4 is 10.6 Å². The normalized spacial score (nSPS) is 18.4. The molecule has 0 aliphatic heterocycles. The van der Waals surface area contributed by atoms with Gasteiger partial charge < -0.3 is 20.5 Å². The SMILES string of the molecule is CN(Cc1ccccc1)CC(NC(=O)CC1CCC(NC(=O)OCC2c3ccccc3-c3ccccc32)C1)C(=O)O. The molecule has 2 amide bonds. The summed E-state index contributed by atoms with van der Waals surface area (Å²) in [6.07, 6.45) is 1.98. The van der Waals surface area contributed by atoms with Crippen LogP contribution in [-0.2, 0) is 20.9 Å². The quantitative estimate of drug-likeness (QED) is 0.314. The molecule has 41 heavy (non-hydrogen) atoms. The van der Waals surface area contributed by atoms with Gasteiger partial charge in [0.15, 0.2) is 0 Å². The maximum Gasteiger partial charge on any atom is 0.407 e. The largest absolute Gasteiger partial charge is 0.480 e. The van der Waals surface area contributed by atoms with Gasteiger partial charge >= 0.3 is 12.1 Å². The number of aliphatic carboxylic acids is 1. The maximum absolute atomic E-state index is 12.7. The lowest BCUT2D eigenvalue weighted by Gasteiger charge is -2.23. The fourth-order valence-corrected chi connectivity index (χ4v) is 6.17. The minimum absolute atomic E-state index is 0.00194. The first-order valence-electron chi connectivity index (χ1n) is 14.2. The van der Waals surface area contributed by atoms with Crippen molar-refractivity contribution < 1.29 is 24.2 Å². The van der Waals surface area contributed by atoms with Crippen LogP contribution in [-0.4, -0.2) is 60.3 Å². The van der Waals surface area contributed by atoms with Gasteiger partial charge in [0.1, 0.15) is 12.6 Å². The Balaban J connectivity index is 1.06. The standard InChI is InChI=1S/C33H37N3O5/c1-36(19-22-9-3-2-4-10-22)20-30(32(38)39)35-31(37)18-23-15-16-24(17-23)34-33(40)41-21-29-27-13-7-5-11-25(27)26-12-6-8-14-28(26)29/h2-14,23-24,29-30H,15-21H2,1H3,(H,34,40)(H,35,37)(H,38,39). The van der Waals surface area contributed by atoms with Crippen molar-refractivity contribution in [3.8, 4) is 11.1 Å². The van der Waals surface area contributed by atoms with E-state index in [1.165, 1.54) is 22.3 Å². The monoisotopic (exact) mass is 555 g/mol. The van der Waals surface area contributed by atoms with Crippen LogP contribution in [0.2, 0.25) is 0 Å². The number of carboxylic acids is 1. The summed E-state index contributed by atoms with van der Waals surface area (Å²) in [7, 11) is 1.84. The highest BCUT2D eigenvalue weighted by atomic mass is 16.5. The summed E-state index contributed by atoms with van der Waals surface area (Å²) < 4.78 is 5.68. The van der Waals surface area contributed by atoms with Crippen molar-refractivity contribution >= 4 is 18.0 Å². The van der Waals surface area contributed by atoms with Gasteiger partial charge in [0.2, 0.25) is 5.91 Å². The second-order valence-electron chi connectivity index (χ2n) is 11.2. The lowest BCUT2D eigenvalue weighted by Crippen LogP contribution is -2.47. The highest BCUT2D eigenvalue weighted by Gasteiger charge is 2.32. The summed E-state index contributed by atoms with van der Waals surface area (Å²) in [5.74, 6) is -1.26. The molecule has 3 unspecified atom stereocenters. The lowest BCUT2D eigenvalue weighted by molar-refractivity contribution is -0.142. The van der Waals surface area contributed by atoms with E-state index in [4.69, 9.17) is 4.74 Å². The van der Waals surface area contributed by atoms with Gasteiger partial charge in [0, 0.05) is 31.5 Å². The number of benzene rings is 3. The van der Waals surface area contributed by atoms with Crippen LogP contribution in [0.1, 0.15) is 48.3 Å². The number of carbonyl (C=O) groups excluding carboxylic acids is 2. The predicted octanol–water partition coefficient (Wildman–Crippen LogP) is 4.79. The average molecular weight is 556 g/mol. The molecule has 3 aromatic rings. The third-order valence-electron chi connectivity index (χ3n) is 8.10. The Hall–Kier alpha value is -4.17. The Bertz CT molecular complexity index is 1330. The average Bonchev–Trinajstić information content (AvgIpc) is 3.53. The van der Waals surface area contributed by atoms with E-state index >= 15 is 0 Å². The zero-order valence-corrected chi connectivity index (χ0v) is 23.3. The summed E-state index contributed by atoms with van der Waals surface area (Å²) in [6, 6.07) is 25.2. The molecule has 0 spiro atoms. The molecule has 2 aliphatic rings. The van der Waals surface area contributed by atoms with Crippen molar-refractivity contribution in [2.24, 2.45) is 5.92 Å². The number of ether oxygens (including phenoxy) is 1. The molecule has 3 aromatic carbocycles. The van der Waals surface area contributed by atoms with Gasteiger partial charge in [-0.05, 0) is 60.0 Å². The van der Waals surface area contributed by atoms with E-state index in [9.17, 15) is 19.5 Å². The number of nitrogens with zero attached hydrogens (tertiary/aromatic N) is 1. The molecule has 0 heterocycles. The minimum Gasteiger partial charge on any atom is -0.480 e. The summed E-state index contributed by atoms with van der Waals surface area (Å²) >= 11 is 0. The number of rotatable bonds is 11. The first-order valence-corrected chi connectivity index (χ1v) is 14.2.